The lowest BCUT2D eigenvalue weighted by atomic mass is 10.2. The SMILES string of the molecule is CN1CCCC1Cn1ccc(=O)cc1. The van der Waals surface area contributed by atoms with Gasteiger partial charge in [0.1, 0.15) is 0 Å². The molecule has 1 aromatic rings. The molecule has 0 amide bonds. The summed E-state index contributed by atoms with van der Waals surface area (Å²) in [6.07, 6.45) is 6.30. The van der Waals surface area contributed by atoms with Gasteiger partial charge in [0, 0.05) is 37.1 Å². The van der Waals surface area contributed by atoms with Crippen LogP contribution in [0.15, 0.2) is 29.3 Å². The molecule has 1 aliphatic heterocycles. The standard InChI is InChI=1S/C11H16N2O/c1-12-6-2-3-10(12)9-13-7-4-11(14)5-8-13/h4-5,7-8,10H,2-3,6,9H2,1H3. The molecule has 0 aromatic carbocycles. The predicted molar refractivity (Wildman–Crippen MR) is 56.4 cm³/mol. The first-order valence-electron chi connectivity index (χ1n) is 5.12. The number of nitrogens with zero attached hydrogens (tertiary/aromatic N) is 2. The molecule has 3 nitrogen and oxygen atoms in total. The van der Waals surface area contributed by atoms with Crippen molar-refractivity contribution < 1.29 is 0 Å². The smallest absolute Gasteiger partial charge is 0.181 e. The third-order valence-corrected chi connectivity index (χ3v) is 2.95. The lowest BCUT2D eigenvalue weighted by Crippen LogP contribution is -2.29. The fraction of sp³-hybridized carbons (Fsp3) is 0.545. The molecule has 0 bridgehead atoms. The van der Waals surface area contributed by atoms with Gasteiger partial charge in [-0.15, -0.1) is 0 Å². The summed E-state index contributed by atoms with van der Waals surface area (Å²) < 4.78 is 2.09. The maximum Gasteiger partial charge on any atom is 0.181 e. The Balaban J connectivity index is 2.03. The van der Waals surface area contributed by atoms with E-state index < -0.39 is 0 Å². The molecule has 3 heteroatoms. The number of pyridine rings is 1. The lowest BCUT2D eigenvalue weighted by Gasteiger charge is -2.20. The van der Waals surface area contributed by atoms with E-state index >= 15 is 0 Å². The van der Waals surface area contributed by atoms with Crippen LogP contribution in [0.2, 0.25) is 0 Å². The monoisotopic (exact) mass is 192 g/mol. The molecule has 0 spiro atoms. The molecule has 0 radical (unpaired) electrons. The summed E-state index contributed by atoms with van der Waals surface area (Å²) in [4.78, 5) is 13.3. The van der Waals surface area contributed by atoms with Gasteiger partial charge in [0.05, 0.1) is 0 Å². The highest BCUT2D eigenvalue weighted by Crippen LogP contribution is 2.15. The Morgan fingerprint density at radius 2 is 2.14 bits per heavy atom. The molecule has 2 heterocycles. The van der Waals surface area contributed by atoms with E-state index in [0.29, 0.717) is 6.04 Å². The van der Waals surface area contributed by atoms with E-state index in [1.807, 2.05) is 12.4 Å². The number of aromatic nitrogens is 1. The Labute approximate surface area is 84.0 Å². The highest BCUT2D eigenvalue weighted by atomic mass is 16.1. The van der Waals surface area contributed by atoms with Crippen LogP contribution in [0.5, 0.6) is 0 Å². The molecule has 14 heavy (non-hydrogen) atoms. The van der Waals surface area contributed by atoms with E-state index in [-0.39, 0.29) is 5.43 Å². The second-order valence-electron chi connectivity index (χ2n) is 4.01. The second-order valence-corrected chi connectivity index (χ2v) is 4.01. The Morgan fingerprint density at radius 3 is 2.71 bits per heavy atom. The first-order valence-corrected chi connectivity index (χ1v) is 5.12. The van der Waals surface area contributed by atoms with Gasteiger partial charge < -0.3 is 9.47 Å². The van der Waals surface area contributed by atoms with E-state index in [1.54, 1.807) is 12.1 Å². The van der Waals surface area contributed by atoms with Crippen molar-refractivity contribution in [3.8, 4) is 0 Å². The maximum absolute atomic E-state index is 10.9. The largest absolute Gasteiger partial charge is 0.352 e. The van der Waals surface area contributed by atoms with Crippen LogP contribution in [-0.2, 0) is 6.54 Å². The Hall–Kier alpha value is -1.09. The van der Waals surface area contributed by atoms with Gasteiger partial charge in [-0.2, -0.15) is 0 Å². The van der Waals surface area contributed by atoms with Gasteiger partial charge >= 0.3 is 0 Å². The highest BCUT2D eigenvalue weighted by molar-refractivity contribution is 4.94. The fourth-order valence-corrected chi connectivity index (χ4v) is 2.02. The van der Waals surface area contributed by atoms with Crippen molar-refractivity contribution in [1.29, 1.82) is 0 Å². The topological polar surface area (TPSA) is 25.2 Å². The Morgan fingerprint density at radius 1 is 1.43 bits per heavy atom. The van der Waals surface area contributed by atoms with Crippen LogP contribution < -0.4 is 5.43 Å². The molecule has 2 rings (SSSR count). The summed E-state index contributed by atoms with van der Waals surface area (Å²) >= 11 is 0. The number of rotatable bonds is 2. The number of likely N-dealkylation sites (tertiary alicyclic amines) is 1. The maximum atomic E-state index is 10.9. The van der Waals surface area contributed by atoms with E-state index in [0.717, 1.165) is 6.54 Å². The third-order valence-electron chi connectivity index (χ3n) is 2.95. The van der Waals surface area contributed by atoms with Gasteiger partial charge in [0.15, 0.2) is 5.43 Å². The quantitative estimate of drug-likeness (QED) is 0.697. The molecule has 0 aliphatic carbocycles. The molecule has 1 aromatic heterocycles. The van der Waals surface area contributed by atoms with Crippen LogP contribution in [0.25, 0.3) is 0 Å². The summed E-state index contributed by atoms with van der Waals surface area (Å²) in [5.74, 6) is 0. The van der Waals surface area contributed by atoms with Crippen molar-refractivity contribution in [2.24, 2.45) is 0 Å². The summed E-state index contributed by atoms with van der Waals surface area (Å²) in [6, 6.07) is 3.88. The van der Waals surface area contributed by atoms with Crippen molar-refractivity contribution in [2.45, 2.75) is 25.4 Å². The Kier molecular flexibility index (Phi) is 2.68. The zero-order valence-corrected chi connectivity index (χ0v) is 8.52. The molecule has 0 N–H and O–H groups in total. The van der Waals surface area contributed by atoms with Crippen LogP contribution >= 0.6 is 0 Å². The molecule has 1 unspecified atom stereocenters. The average Bonchev–Trinajstić information content (AvgIpc) is 2.56. The number of hydrogen-bond acceptors (Lipinski definition) is 2. The van der Waals surface area contributed by atoms with E-state index in [4.69, 9.17) is 0 Å². The minimum atomic E-state index is 0.0843. The fourth-order valence-electron chi connectivity index (χ4n) is 2.02. The van der Waals surface area contributed by atoms with Gasteiger partial charge in [-0.05, 0) is 26.4 Å². The molecule has 1 atom stereocenters. The predicted octanol–water partition coefficient (Wildman–Crippen LogP) is 0.942. The van der Waals surface area contributed by atoms with Gasteiger partial charge in [-0.1, -0.05) is 0 Å². The first kappa shape index (κ1) is 9.46. The van der Waals surface area contributed by atoms with Crippen LogP contribution in [0.4, 0.5) is 0 Å². The van der Waals surface area contributed by atoms with Crippen LogP contribution in [-0.4, -0.2) is 29.1 Å². The third kappa shape index (κ3) is 2.04. The normalized spacial score (nSPS) is 22.8. The Bertz CT molecular complexity index is 338. The van der Waals surface area contributed by atoms with Crippen LogP contribution in [0.1, 0.15) is 12.8 Å². The van der Waals surface area contributed by atoms with E-state index in [1.165, 1.54) is 19.4 Å². The average molecular weight is 192 g/mol. The molecular weight excluding hydrogens is 176 g/mol. The van der Waals surface area contributed by atoms with Gasteiger partial charge in [-0.25, -0.2) is 0 Å². The van der Waals surface area contributed by atoms with Crippen molar-refractivity contribution in [3.05, 3.63) is 34.7 Å². The summed E-state index contributed by atoms with van der Waals surface area (Å²) in [5.41, 5.74) is 0.0843. The lowest BCUT2D eigenvalue weighted by molar-refractivity contribution is 0.282. The minimum Gasteiger partial charge on any atom is -0.352 e. The molecule has 0 saturated carbocycles. The van der Waals surface area contributed by atoms with Crippen molar-refractivity contribution in [2.75, 3.05) is 13.6 Å². The van der Waals surface area contributed by atoms with Crippen LogP contribution in [0.3, 0.4) is 0 Å². The molecule has 76 valence electrons. The van der Waals surface area contributed by atoms with Gasteiger partial charge in [-0.3, -0.25) is 4.79 Å². The summed E-state index contributed by atoms with van der Waals surface area (Å²) in [5, 5.41) is 0. The van der Waals surface area contributed by atoms with Gasteiger partial charge in [0.2, 0.25) is 0 Å². The number of hydrogen-bond donors (Lipinski definition) is 0. The molecular formula is C11H16N2O. The van der Waals surface area contributed by atoms with Crippen molar-refractivity contribution in [1.82, 2.24) is 9.47 Å². The summed E-state index contributed by atoms with van der Waals surface area (Å²) in [6.45, 7) is 2.20. The van der Waals surface area contributed by atoms with E-state index in [2.05, 4.69) is 16.5 Å². The molecule has 1 fully saturated rings. The second kappa shape index (κ2) is 3.96. The molecule has 1 aliphatic rings. The van der Waals surface area contributed by atoms with E-state index in [9.17, 15) is 4.79 Å². The van der Waals surface area contributed by atoms with Crippen molar-refractivity contribution in [3.63, 3.8) is 0 Å². The molecule has 1 saturated heterocycles. The minimum absolute atomic E-state index is 0.0843. The zero-order valence-electron chi connectivity index (χ0n) is 8.52. The van der Waals surface area contributed by atoms with Gasteiger partial charge in [0.25, 0.3) is 0 Å². The first-order chi connectivity index (χ1) is 6.75. The van der Waals surface area contributed by atoms with Crippen LogP contribution in [0, 0.1) is 0 Å². The number of likely N-dealkylation sites (N-methyl/N-ethyl adjacent to an activating group) is 1. The zero-order chi connectivity index (χ0) is 9.97. The highest BCUT2D eigenvalue weighted by Gasteiger charge is 2.20. The summed E-state index contributed by atoms with van der Waals surface area (Å²) in [7, 11) is 2.17. The van der Waals surface area contributed by atoms with Crippen molar-refractivity contribution >= 4 is 0 Å².